The van der Waals surface area contributed by atoms with Gasteiger partial charge in [-0.3, -0.25) is 0 Å². The second-order valence-electron chi connectivity index (χ2n) is 3.83. The average molecular weight is 267 g/mol. The molecule has 2 aromatic rings. The van der Waals surface area contributed by atoms with E-state index in [9.17, 15) is 0 Å². The van der Waals surface area contributed by atoms with Gasteiger partial charge in [0.05, 0.1) is 0 Å². The highest BCUT2D eigenvalue weighted by Crippen LogP contribution is 2.22. The summed E-state index contributed by atoms with van der Waals surface area (Å²) in [6, 6.07) is 13.2. The van der Waals surface area contributed by atoms with Gasteiger partial charge in [0.1, 0.15) is 12.4 Å². The number of hydrogen-bond donors (Lipinski definition) is 0. The molecule has 0 saturated heterocycles. The van der Waals surface area contributed by atoms with E-state index in [1.807, 2.05) is 49.4 Å². The van der Waals surface area contributed by atoms with Gasteiger partial charge in [-0.2, -0.15) is 0 Å². The first-order chi connectivity index (χ1) is 8.15. The van der Waals surface area contributed by atoms with Crippen LogP contribution in [-0.4, -0.2) is 0 Å². The third kappa shape index (κ3) is 3.39. The Bertz CT molecular complexity index is 506. The topological polar surface area (TPSA) is 9.23 Å². The molecule has 88 valence electrons. The van der Waals surface area contributed by atoms with Gasteiger partial charge in [-0.05, 0) is 48.4 Å². The minimum absolute atomic E-state index is 0.526. The zero-order chi connectivity index (χ0) is 12.3. The molecule has 0 N–H and O–H groups in total. The van der Waals surface area contributed by atoms with Crippen LogP contribution in [0, 0.1) is 6.92 Å². The Morgan fingerprint density at radius 2 is 1.71 bits per heavy atom. The third-order valence-corrected chi connectivity index (χ3v) is 3.12. The van der Waals surface area contributed by atoms with Crippen LogP contribution >= 0.6 is 23.2 Å². The van der Waals surface area contributed by atoms with Crippen LogP contribution in [0.5, 0.6) is 5.75 Å². The van der Waals surface area contributed by atoms with Crippen molar-refractivity contribution in [3.8, 4) is 5.75 Å². The van der Waals surface area contributed by atoms with E-state index < -0.39 is 0 Å². The lowest BCUT2D eigenvalue weighted by Gasteiger charge is -2.07. The van der Waals surface area contributed by atoms with E-state index in [-0.39, 0.29) is 0 Å². The molecule has 0 spiro atoms. The molecule has 3 heteroatoms. The molecule has 17 heavy (non-hydrogen) atoms. The summed E-state index contributed by atoms with van der Waals surface area (Å²) in [5.41, 5.74) is 2.10. The van der Waals surface area contributed by atoms with Crippen molar-refractivity contribution < 1.29 is 4.74 Å². The molecule has 0 aromatic heterocycles. The van der Waals surface area contributed by atoms with Crippen molar-refractivity contribution in [3.05, 3.63) is 63.6 Å². The second-order valence-corrected chi connectivity index (χ2v) is 4.67. The van der Waals surface area contributed by atoms with Gasteiger partial charge in [-0.1, -0.05) is 35.3 Å². The van der Waals surface area contributed by atoms with Crippen molar-refractivity contribution in [3.63, 3.8) is 0 Å². The maximum absolute atomic E-state index is 5.95. The Balaban J connectivity index is 2.02. The summed E-state index contributed by atoms with van der Waals surface area (Å²) >= 11 is 11.8. The molecule has 0 bridgehead atoms. The third-order valence-electron chi connectivity index (χ3n) is 2.45. The first-order valence-corrected chi connectivity index (χ1v) is 6.04. The highest BCUT2D eigenvalue weighted by molar-refractivity contribution is 6.31. The Morgan fingerprint density at radius 1 is 1.00 bits per heavy atom. The van der Waals surface area contributed by atoms with E-state index in [1.54, 1.807) is 0 Å². The van der Waals surface area contributed by atoms with Gasteiger partial charge in [0, 0.05) is 10.0 Å². The van der Waals surface area contributed by atoms with E-state index in [0.29, 0.717) is 6.61 Å². The summed E-state index contributed by atoms with van der Waals surface area (Å²) in [5, 5.41) is 1.49. The summed E-state index contributed by atoms with van der Waals surface area (Å²) in [6.07, 6.45) is 0. The Labute approximate surface area is 111 Å². The molecule has 2 rings (SSSR count). The molecule has 1 nitrogen and oxygen atoms in total. The number of aryl methyl sites for hydroxylation is 1. The fraction of sp³-hybridized carbons (Fsp3) is 0.143. The zero-order valence-electron chi connectivity index (χ0n) is 9.41. The summed E-state index contributed by atoms with van der Waals surface area (Å²) in [6.45, 7) is 2.48. The number of halogens is 2. The smallest absolute Gasteiger partial charge is 0.120 e. The molecule has 0 aliphatic rings. The lowest BCUT2D eigenvalue weighted by atomic mass is 10.2. The Hall–Kier alpha value is -1.18. The summed E-state index contributed by atoms with van der Waals surface area (Å²) in [7, 11) is 0. The van der Waals surface area contributed by atoms with Crippen LogP contribution in [0.15, 0.2) is 42.5 Å². The molecule has 0 saturated carbocycles. The summed E-state index contributed by atoms with van der Waals surface area (Å²) in [4.78, 5) is 0. The monoisotopic (exact) mass is 266 g/mol. The van der Waals surface area contributed by atoms with E-state index in [4.69, 9.17) is 27.9 Å². The highest BCUT2D eigenvalue weighted by Gasteiger charge is 1.99. The number of rotatable bonds is 3. The van der Waals surface area contributed by atoms with Crippen molar-refractivity contribution in [1.82, 2.24) is 0 Å². The van der Waals surface area contributed by atoms with Crippen LogP contribution in [0.4, 0.5) is 0 Å². The number of hydrogen-bond acceptors (Lipinski definition) is 1. The lowest BCUT2D eigenvalue weighted by molar-refractivity contribution is 0.306. The molecule has 0 radical (unpaired) electrons. The number of benzene rings is 2. The molecular weight excluding hydrogens is 255 g/mol. The molecular formula is C14H12Cl2O. The van der Waals surface area contributed by atoms with E-state index in [2.05, 4.69) is 0 Å². The molecule has 0 fully saturated rings. The summed E-state index contributed by atoms with van der Waals surface area (Å²) < 4.78 is 5.67. The number of ether oxygens (including phenoxy) is 1. The SMILES string of the molecule is Cc1cc(OCc2ccc(Cl)cc2)ccc1Cl. The fourth-order valence-corrected chi connectivity index (χ4v) is 1.70. The minimum Gasteiger partial charge on any atom is -0.489 e. The lowest BCUT2D eigenvalue weighted by Crippen LogP contribution is -1.95. The standard InChI is InChI=1S/C14H12Cl2O/c1-10-8-13(6-7-14(10)16)17-9-11-2-4-12(15)5-3-11/h2-8H,9H2,1H3. The van der Waals surface area contributed by atoms with Crippen molar-refractivity contribution in [2.75, 3.05) is 0 Å². The van der Waals surface area contributed by atoms with Gasteiger partial charge in [0.2, 0.25) is 0 Å². The molecule has 0 atom stereocenters. The molecule has 2 aromatic carbocycles. The maximum Gasteiger partial charge on any atom is 0.120 e. The first kappa shape index (κ1) is 12.3. The van der Waals surface area contributed by atoms with E-state index in [1.165, 1.54) is 0 Å². The van der Waals surface area contributed by atoms with Crippen molar-refractivity contribution in [1.29, 1.82) is 0 Å². The molecule has 0 aliphatic carbocycles. The van der Waals surface area contributed by atoms with Crippen LogP contribution in [0.3, 0.4) is 0 Å². The zero-order valence-corrected chi connectivity index (χ0v) is 10.9. The predicted molar refractivity (Wildman–Crippen MR) is 72.0 cm³/mol. The minimum atomic E-state index is 0.526. The van der Waals surface area contributed by atoms with Gasteiger partial charge in [0.25, 0.3) is 0 Å². The quantitative estimate of drug-likeness (QED) is 0.770. The van der Waals surface area contributed by atoms with Crippen molar-refractivity contribution >= 4 is 23.2 Å². The van der Waals surface area contributed by atoms with E-state index >= 15 is 0 Å². The maximum atomic E-state index is 5.95. The van der Waals surface area contributed by atoms with Gasteiger partial charge < -0.3 is 4.74 Å². The van der Waals surface area contributed by atoms with Crippen LogP contribution in [0.2, 0.25) is 10.0 Å². The van der Waals surface area contributed by atoms with Gasteiger partial charge in [-0.15, -0.1) is 0 Å². The first-order valence-electron chi connectivity index (χ1n) is 5.28. The van der Waals surface area contributed by atoms with Crippen molar-refractivity contribution in [2.45, 2.75) is 13.5 Å². The van der Waals surface area contributed by atoms with Gasteiger partial charge in [-0.25, -0.2) is 0 Å². The molecule has 0 heterocycles. The summed E-state index contributed by atoms with van der Waals surface area (Å²) in [5.74, 6) is 0.821. The Kier molecular flexibility index (Phi) is 3.93. The highest BCUT2D eigenvalue weighted by atomic mass is 35.5. The van der Waals surface area contributed by atoms with Crippen LogP contribution in [-0.2, 0) is 6.61 Å². The fourth-order valence-electron chi connectivity index (χ4n) is 1.45. The van der Waals surface area contributed by atoms with E-state index in [0.717, 1.165) is 26.9 Å². The van der Waals surface area contributed by atoms with Crippen LogP contribution in [0.25, 0.3) is 0 Å². The van der Waals surface area contributed by atoms with Crippen LogP contribution in [0.1, 0.15) is 11.1 Å². The second kappa shape index (κ2) is 5.44. The normalized spacial score (nSPS) is 10.3. The molecule has 0 aliphatic heterocycles. The predicted octanol–water partition coefficient (Wildman–Crippen LogP) is 4.88. The molecule has 0 unspecified atom stereocenters. The van der Waals surface area contributed by atoms with Crippen molar-refractivity contribution in [2.24, 2.45) is 0 Å². The average Bonchev–Trinajstić information content (AvgIpc) is 2.33. The largest absolute Gasteiger partial charge is 0.489 e. The van der Waals surface area contributed by atoms with Gasteiger partial charge >= 0.3 is 0 Å². The molecule has 0 amide bonds. The Morgan fingerprint density at radius 3 is 2.35 bits per heavy atom. The van der Waals surface area contributed by atoms with Gasteiger partial charge in [0.15, 0.2) is 0 Å². The van der Waals surface area contributed by atoms with Crippen LogP contribution < -0.4 is 4.74 Å².